The SMILES string of the molecule is CC(C)N(CCC#N)C(=O)Nc1ccc(Cl)c(C(=O)O)c1. The molecule has 0 saturated carbocycles. The number of amides is 2. The van der Waals surface area contributed by atoms with Gasteiger partial charge in [0.1, 0.15) is 0 Å². The van der Waals surface area contributed by atoms with Crippen molar-refractivity contribution in [3.05, 3.63) is 28.8 Å². The predicted molar refractivity (Wildman–Crippen MR) is 79.5 cm³/mol. The Balaban J connectivity index is 2.89. The van der Waals surface area contributed by atoms with Gasteiger partial charge in [-0.2, -0.15) is 5.26 Å². The van der Waals surface area contributed by atoms with Crippen LogP contribution in [0.4, 0.5) is 10.5 Å². The average molecular weight is 310 g/mol. The van der Waals surface area contributed by atoms with Gasteiger partial charge in [-0.1, -0.05) is 11.6 Å². The maximum Gasteiger partial charge on any atom is 0.337 e. The smallest absolute Gasteiger partial charge is 0.337 e. The molecule has 0 aromatic heterocycles. The number of nitriles is 1. The Bertz CT molecular complexity index is 581. The molecule has 1 rings (SSSR count). The third-order valence-corrected chi connectivity index (χ3v) is 3.13. The molecule has 21 heavy (non-hydrogen) atoms. The maximum absolute atomic E-state index is 12.2. The minimum atomic E-state index is -1.17. The largest absolute Gasteiger partial charge is 0.478 e. The second-order valence-corrected chi connectivity index (χ2v) is 5.03. The van der Waals surface area contributed by atoms with Crippen LogP contribution < -0.4 is 5.32 Å². The van der Waals surface area contributed by atoms with E-state index < -0.39 is 5.97 Å². The number of aromatic carboxylic acids is 1. The zero-order valence-corrected chi connectivity index (χ0v) is 12.5. The zero-order chi connectivity index (χ0) is 16.0. The first kappa shape index (κ1) is 16.8. The molecule has 0 aliphatic carbocycles. The topological polar surface area (TPSA) is 93.4 Å². The third kappa shape index (κ3) is 4.65. The Kier molecular flexibility index (Phi) is 6.00. The number of anilines is 1. The van der Waals surface area contributed by atoms with Crippen molar-refractivity contribution in [1.29, 1.82) is 5.26 Å². The van der Waals surface area contributed by atoms with Crippen LogP contribution >= 0.6 is 11.6 Å². The molecule has 6 nitrogen and oxygen atoms in total. The monoisotopic (exact) mass is 309 g/mol. The summed E-state index contributed by atoms with van der Waals surface area (Å²) >= 11 is 5.77. The highest BCUT2D eigenvalue weighted by molar-refractivity contribution is 6.33. The molecule has 0 aliphatic heterocycles. The minimum absolute atomic E-state index is 0.0791. The molecule has 0 radical (unpaired) electrons. The molecule has 7 heteroatoms. The molecule has 0 spiro atoms. The Morgan fingerprint density at radius 1 is 1.48 bits per heavy atom. The highest BCUT2D eigenvalue weighted by atomic mass is 35.5. The summed E-state index contributed by atoms with van der Waals surface area (Å²) in [6, 6.07) is 5.75. The highest BCUT2D eigenvalue weighted by Gasteiger charge is 2.17. The van der Waals surface area contributed by atoms with Crippen LogP contribution in [0.15, 0.2) is 18.2 Å². The van der Waals surface area contributed by atoms with E-state index in [4.69, 9.17) is 22.0 Å². The van der Waals surface area contributed by atoms with Gasteiger partial charge in [-0.05, 0) is 32.0 Å². The molecule has 1 aromatic rings. The molecule has 0 aliphatic rings. The number of rotatable bonds is 5. The van der Waals surface area contributed by atoms with Crippen molar-refractivity contribution in [2.24, 2.45) is 0 Å². The van der Waals surface area contributed by atoms with E-state index in [0.29, 0.717) is 12.2 Å². The number of halogens is 1. The van der Waals surface area contributed by atoms with Gasteiger partial charge >= 0.3 is 12.0 Å². The third-order valence-electron chi connectivity index (χ3n) is 2.80. The molecule has 0 atom stereocenters. The highest BCUT2D eigenvalue weighted by Crippen LogP contribution is 2.21. The summed E-state index contributed by atoms with van der Waals surface area (Å²) in [5.41, 5.74) is 0.256. The average Bonchev–Trinajstić information content (AvgIpc) is 2.40. The van der Waals surface area contributed by atoms with Gasteiger partial charge in [-0.25, -0.2) is 9.59 Å². The number of benzene rings is 1. The Morgan fingerprint density at radius 2 is 2.14 bits per heavy atom. The number of carbonyl (C=O) groups excluding carboxylic acids is 1. The van der Waals surface area contributed by atoms with Crippen molar-refractivity contribution in [1.82, 2.24) is 4.90 Å². The second-order valence-electron chi connectivity index (χ2n) is 4.63. The van der Waals surface area contributed by atoms with E-state index in [1.807, 2.05) is 19.9 Å². The fourth-order valence-corrected chi connectivity index (χ4v) is 1.93. The van der Waals surface area contributed by atoms with Crippen LogP contribution in [0, 0.1) is 11.3 Å². The van der Waals surface area contributed by atoms with Crippen molar-refractivity contribution in [3.8, 4) is 6.07 Å². The van der Waals surface area contributed by atoms with E-state index in [9.17, 15) is 9.59 Å². The van der Waals surface area contributed by atoms with Crippen LogP contribution in [0.2, 0.25) is 5.02 Å². The lowest BCUT2D eigenvalue weighted by atomic mass is 10.2. The van der Waals surface area contributed by atoms with Crippen LogP contribution in [-0.2, 0) is 0 Å². The van der Waals surface area contributed by atoms with Crippen LogP contribution in [0.5, 0.6) is 0 Å². The molecule has 2 N–H and O–H groups in total. The van der Waals surface area contributed by atoms with E-state index >= 15 is 0 Å². The lowest BCUT2D eigenvalue weighted by Crippen LogP contribution is -2.40. The number of carboxylic acids is 1. The molecular formula is C14H16ClN3O3. The van der Waals surface area contributed by atoms with E-state index in [-0.39, 0.29) is 29.1 Å². The van der Waals surface area contributed by atoms with E-state index in [1.165, 1.54) is 23.1 Å². The van der Waals surface area contributed by atoms with Gasteiger partial charge in [0.2, 0.25) is 0 Å². The number of nitrogens with zero attached hydrogens (tertiary/aromatic N) is 2. The molecule has 2 amide bonds. The minimum Gasteiger partial charge on any atom is -0.478 e. The Morgan fingerprint density at radius 3 is 2.67 bits per heavy atom. The normalized spacial score (nSPS) is 10.0. The van der Waals surface area contributed by atoms with Gasteiger partial charge in [0.15, 0.2) is 0 Å². The van der Waals surface area contributed by atoms with Gasteiger partial charge < -0.3 is 15.3 Å². The first-order chi connectivity index (χ1) is 9.86. The van der Waals surface area contributed by atoms with E-state index in [2.05, 4.69) is 5.32 Å². The number of urea groups is 1. The van der Waals surface area contributed by atoms with Crippen molar-refractivity contribution in [2.45, 2.75) is 26.3 Å². The fraction of sp³-hybridized carbons (Fsp3) is 0.357. The quantitative estimate of drug-likeness (QED) is 0.873. The molecule has 0 fully saturated rings. The van der Waals surface area contributed by atoms with Crippen LogP contribution in [0.1, 0.15) is 30.6 Å². The van der Waals surface area contributed by atoms with Crippen molar-refractivity contribution >= 4 is 29.3 Å². The van der Waals surface area contributed by atoms with Gasteiger partial charge in [0, 0.05) is 18.3 Å². The standard InChI is InChI=1S/C14H16ClN3O3/c1-9(2)18(7-3-6-16)14(21)17-10-4-5-12(15)11(8-10)13(19)20/h4-5,8-9H,3,7H2,1-2H3,(H,17,21)(H,19,20). The number of carbonyl (C=O) groups is 2. The summed E-state index contributed by atoms with van der Waals surface area (Å²) in [4.78, 5) is 24.6. The predicted octanol–water partition coefficient (Wildman–Crippen LogP) is 3.19. The van der Waals surface area contributed by atoms with Gasteiger partial charge in [-0.15, -0.1) is 0 Å². The van der Waals surface area contributed by atoms with Crippen LogP contribution in [-0.4, -0.2) is 34.6 Å². The maximum atomic E-state index is 12.2. The summed E-state index contributed by atoms with van der Waals surface area (Å²) in [5, 5.41) is 20.3. The van der Waals surface area contributed by atoms with Crippen molar-refractivity contribution in [3.63, 3.8) is 0 Å². The van der Waals surface area contributed by atoms with Gasteiger partial charge in [-0.3, -0.25) is 0 Å². The fourth-order valence-electron chi connectivity index (χ4n) is 1.73. The Labute approximate surface area is 127 Å². The second kappa shape index (κ2) is 7.50. The first-order valence-electron chi connectivity index (χ1n) is 6.34. The summed E-state index contributed by atoms with van der Waals surface area (Å²) in [6.45, 7) is 3.97. The van der Waals surface area contributed by atoms with Crippen molar-refractivity contribution in [2.75, 3.05) is 11.9 Å². The first-order valence-corrected chi connectivity index (χ1v) is 6.72. The van der Waals surface area contributed by atoms with E-state index in [0.717, 1.165) is 0 Å². The number of carboxylic acid groups (broad SMARTS) is 1. The summed E-state index contributed by atoms with van der Waals surface area (Å²) < 4.78 is 0. The summed E-state index contributed by atoms with van der Waals surface area (Å²) in [6.07, 6.45) is 0.229. The lowest BCUT2D eigenvalue weighted by Gasteiger charge is -2.26. The molecule has 0 bridgehead atoms. The van der Waals surface area contributed by atoms with E-state index in [1.54, 1.807) is 0 Å². The summed E-state index contributed by atoms with van der Waals surface area (Å²) in [5.74, 6) is -1.17. The molecule has 112 valence electrons. The molecule has 1 aromatic carbocycles. The number of hydrogen-bond acceptors (Lipinski definition) is 3. The summed E-state index contributed by atoms with van der Waals surface area (Å²) in [7, 11) is 0. The Hall–Kier alpha value is -2.26. The number of nitrogens with one attached hydrogen (secondary N) is 1. The lowest BCUT2D eigenvalue weighted by molar-refractivity contribution is 0.0697. The molecule has 0 saturated heterocycles. The van der Waals surface area contributed by atoms with Crippen molar-refractivity contribution < 1.29 is 14.7 Å². The molecular weight excluding hydrogens is 294 g/mol. The number of hydrogen-bond donors (Lipinski definition) is 2. The molecule has 0 heterocycles. The van der Waals surface area contributed by atoms with Gasteiger partial charge in [0.05, 0.1) is 23.1 Å². The molecule has 0 unspecified atom stereocenters. The zero-order valence-electron chi connectivity index (χ0n) is 11.8. The van der Waals surface area contributed by atoms with Gasteiger partial charge in [0.25, 0.3) is 0 Å². The van der Waals surface area contributed by atoms with Crippen LogP contribution in [0.25, 0.3) is 0 Å². The van der Waals surface area contributed by atoms with Crippen LogP contribution in [0.3, 0.4) is 0 Å².